The Kier molecular flexibility index (Phi) is 5.95. The van der Waals surface area contributed by atoms with E-state index in [9.17, 15) is 9.59 Å². The molecule has 5 nitrogen and oxygen atoms in total. The first kappa shape index (κ1) is 14.8. The van der Waals surface area contributed by atoms with Crippen LogP contribution in [0, 0.1) is 5.92 Å². The third-order valence-electron chi connectivity index (χ3n) is 3.13. The quantitative estimate of drug-likeness (QED) is 0.791. The van der Waals surface area contributed by atoms with E-state index in [4.69, 9.17) is 5.11 Å². The van der Waals surface area contributed by atoms with Gasteiger partial charge in [0.05, 0.1) is 0 Å². The summed E-state index contributed by atoms with van der Waals surface area (Å²) in [4.78, 5) is 24.2. The number of urea groups is 1. The number of rotatable bonds is 5. The van der Waals surface area contributed by atoms with Crippen molar-refractivity contribution >= 4 is 12.0 Å². The largest absolute Gasteiger partial charge is 0.480 e. The van der Waals surface area contributed by atoms with Crippen molar-refractivity contribution in [2.75, 3.05) is 13.1 Å². The third kappa shape index (κ3) is 5.38. The predicted octanol–water partition coefficient (Wildman–Crippen LogP) is 2.07. The van der Waals surface area contributed by atoms with Crippen LogP contribution in [-0.4, -0.2) is 41.1 Å². The fraction of sp³-hybridized carbons (Fsp3) is 0.846. The number of carboxylic acids is 1. The van der Waals surface area contributed by atoms with Gasteiger partial charge < -0.3 is 15.3 Å². The van der Waals surface area contributed by atoms with Crippen LogP contribution in [0.4, 0.5) is 4.79 Å². The summed E-state index contributed by atoms with van der Waals surface area (Å²) in [6, 6.07) is -0.0206. The summed E-state index contributed by atoms with van der Waals surface area (Å²) < 4.78 is 0. The number of amides is 2. The first-order valence-corrected chi connectivity index (χ1v) is 6.76. The molecule has 0 spiro atoms. The first-order chi connectivity index (χ1) is 8.49. The number of carbonyl (C=O) groups is 2. The van der Waals surface area contributed by atoms with Gasteiger partial charge in [-0.25, -0.2) is 4.79 Å². The molecule has 104 valence electrons. The Morgan fingerprint density at radius 1 is 1.28 bits per heavy atom. The zero-order valence-electron chi connectivity index (χ0n) is 11.3. The fourth-order valence-corrected chi connectivity index (χ4v) is 2.34. The maximum atomic E-state index is 12.0. The van der Waals surface area contributed by atoms with Crippen molar-refractivity contribution in [1.29, 1.82) is 0 Å². The van der Waals surface area contributed by atoms with Gasteiger partial charge in [-0.15, -0.1) is 0 Å². The number of carbonyl (C=O) groups excluding carboxylic acids is 1. The molecule has 18 heavy (non-hydrogen) atoms. The molecule has 1 aliphatic rings. The van der Waals surface area contributed by atoms with Crippen LogP contribution in [0.1, 0.15) is 46.0 Å². The van der Waals surface area contributed by atoms with Crippen molar-refractivity contribution in [3.05, 3.63) is 0 Å². The molecule has 0 radical (unpaired) electrons. The Bertz CT molecular complexity index is 286. The van der Waals surface area contributed by atoms with Crippen LogP contribution in [0.3, 0.4) is 0 Å². The van der Waals surface area contributed by atoms with Gasteiger partial charge in [-0.1, -0.05) is 33.1 Å². The molecular weight excluding hydrogens is 232 g/mol. The molecule has 1 saturated carbocycles. The van der Waals surface area contributed by atoms with Crippen molar-refractivity contribution in [3.8, 4) is 0 Å². The molecule has 1 fully saturated rings. The van der Waals surface area contributed by atoms with Crippen molar-refractivity contribution < 1.29 is 14.7 Å². The average molecular weight is 256 g/mol. The van der Waals surface area contributed by atoms with Crippen molar-refractivity contribution in [2.45, 2.75) is 52.0 Å². The second-order valence-corrected chi connectivity index (χ2v) is 5.45. The first-order valence-electron chi connectivity index (χ1n) is 6.76. The minimum Gasteiger partial charge on any atom is -0.480 e. The van der Waals surface area contributed by atoms with Crippen LogP contribution in [-0.2, 0) is 4.79 Å². The molecule has 2 amide bonds. The second kappa shape index (κ2) is 7.24. The minimum absolute atomic E-state index is 0.217. The molecule has 0 unspecified atom stereocenters. The highest BCUT2D eigenvalue weighted by molar-refractivity contribution is 5.80. The van der Waals surface area contributed by atoms with E-state index in [2.05, 4.69) is 5.32 Å². The lowest BCUT2D eigenvalue weighted by atomic mass is 9.96. The zero-order valence-corrected chi connectivity index (χ0v) is 11.3. The molecule has 1 aliphatic carbocycles. The summed E-state index contributed by atoms with van der Waals surface area (Å²) in [6.07, 6.45) is 5.54. The molecule has 1 rings (SSSR count). The number of hydrogen-bond acceptors (Lipinski definition) is 2. The SMILES string of the molecule is CC(C)CN(CC(=O)O)C(=O)NC1CCCCC1. The van der Waals surface area contributed by atoms with E-state index in [0.29, 0.717) is 6.54 Å². The minimum atomic E-state index is -0.963. The van der Waals surface area contributed by atoms with Crippen molar-refractivity contribution in [2.24, 2.45) is 5.92 Å². The summed E-state index contributed by atoms with van der Waals surface area (Å²) in [7, 11) is 0. The normalized spacial score (nSPS) is 16.6. The Hall–Kier alpha value is -1.26. The third-order valence-corrected chi connectivity index (χ3v) is 3.13. The van der Waals surface area contributed by atoms with Gasteiger partial charge in [-0.05, 0) is 18.8 Å². The summed E-state index contributed by atoms with van der Waals surface area (Å²) in [5.41, 5.74) is 0. The average Bonchev–Trinajstić information content (AvgIpc) is 2.28. The molecule has 0 aromatic carbocycles. The monoisotopic (exact) mass is 256 g/mol. The molecular formula is C13H24N2O3. The molecule has 0 aliphatic heterocycles. The Balaban J connectivity index is 2.48. The lowest BCUT2D eigenvalue weighted by molar-refractivity contribution is -0.137. The van der Waals surface area contributed by atoms with E-state index in [-0.39, 0.29) is 24.5 Å². The molecule has 0 saturated heterocycles. The van der Waals surface area contributed by atoms with Crippen LogP contribution in [0.2, 0.25) is 0 Å². The molecule has 5 heteroatoms. The van der Waals surface area contributed by atoms with Crippen LogP contribution in [0.25, 0.3) is 0 Å². The molecule has 0 aromatic heterocycles. The van der Waals surface area contributed by atoms with Crippen LogP contribution < -0.4 is 5.32 Å². The van der Waals surface area contributed by atoms with Gasteiger partial charge in [0.15, 0.2) is 0 Å². The van der Waals surface area contributed by atoms with Gasteiger partial charge in [0.1, 0.15) is 6.54 Å². The molecule has 2 N–H and O–H groups in total. The smallest absolute Gasteiger partial charge is 0.323 e. The number of carboxylic acid groups (broad SMARTS) is 1. The Morgan fingerprint density at radius 3 is 2.39 bits per heavy atom. The van der Waals surface area contributed by atoms with E-state index in [1.54, 1.807) is 0 Å². The van der Waals surface area contributed by atoms with Gasteiger partial charge in [-0.3, -0.25) is 4.79 Å². The van der Waals surface area contributed by atoms with Gasteiger partial charge in [-0.2, -0.15) is 0 Å². The zero-order chi connectivity index (χ0) is 13.5. The van der Waals surface area contributed by atoms with E-state index >= 15 is 0 Å². The molecule has 0 bridgehead atoms. The highest BCUT2D eigenvalue weighted by Crippen LogP contribution is 2.17. The molecule has 0 atom stereocenters. The van der Waals surface area contributed by atoms with E-state index in [1.165, 1.54) is 11.3 Å². The summed E-state index contributed by atoms with van der Waals surface area (Å²) in [6.45, 7) is 4.20. The van der Waals surface area contributed by atoms with E-state index < -0.39 is 5.97 Å². The van der Waals surface area contributed by atoms with Gasteiger partial charge in [0, 0.05) is 12.6 Å². The number of nitrogens with zero attached hydrogens (tertiary/aromatic N) is 1. The highest BCUT2D eigenvalue weighted by atomic mass is 16.4. The number of hydrogen-bond donors (Lipinski definition) is 2. The Labute approximate surface area is 109 Å². The summed E-state index contributed by atoms with van der Waals surface area (Å²) in [5, 5.41) is 11.8. The van der Waals surface area contributed by atoms with Gasteiger partial charge >= 0.3 is 12.0 Å². The molecule has 0 aromatic rings. The Morgan fingerprint density at radius 2 is 1.89 bits per heavy atom. The number of aliphatic carboxylic acids is 1. The van der Waals surface area contributed by atoms with Crippen molar-refractivity contribution in [1.82, 2.24) is 10.2 Å². The van der Waals surface area contributed by atoms with E-state index in [1.807, 2.05) is 13.8 Å². The van der Waals surface area contributed by atoms with Gasteiger partial charge in [0.25, 0.3) is 0 Å². The maximum Gasteiger partial charge on any atom is 0.323 e. The van der Waals surface area contributed by atoms with Crippen LogP contribution in [0.15, 0.2) is 0 Å². The summed E-state index contributed by atoms with van der Waals surface area (Å²) in [5.74, 6) is -0.698. The second-order valence-electron chi connectivity index (χ2n) is 5.45. The van der Waals surface area contributed by atoms with Crippen molar-refractivity contribution in [3.63, 3.8) is 0 Å². The summed E-state index contributed by atoms with van der Waals surface area (Å²) >= 11 is 0. The maximum absolute atomic E-state index is 12.0. The standard InChI is InChI=1S/C13H24N2O3/c1-10(2)8-15(9-12(16)17)13(18)14-11-6-4-3-5-7-11/h10-11H,3-9H2,1-2H3,(H,14,18)(H,16,17). The lowest BCUT2D eigenvalue weighted by Crippen LogP contribution is -2.48. The van der Waals surface area contributed by atoms with Crippen LogP contribution in [0.5, 0.6) is 0 Å². The fourth-order valence-electron chi connectivity index (χ4n) is 2.34. The number of nitrogens with one attached hydrogen (secondary N) is 1. The van der Waals surface area contributed by atoms with Crippen LogP contribution >= 0.6 is 0 Å². The van der Waals surface area contributed by atoms with E-state index in [0.717, 1.165) is 25.7 Å². The molecule has 0 heterocycles. The predicted molar refractivity (Wildman–Crippen MR) is 69.5 cm³/mol. The topological polar surface area (TPSA) is 69.6 Å². The lowest BCUT2D eigenvalue weighted by Gasteiger charge is -2.28. The van der Waals surface area contributed by atoms with Gasteiger partial charge in [0.2, 0.25) is 0 Å². The highest BCUT2D eigenvalue weighted by Gasteiger charge is 2.21.